The molecular formula is C14H14N2O4S. The second-order valence-electron chi connectivity index (χ2n) is 4.52. The van der Waals surface area contributed by atoms with E-state index in [9.17, 15) is 18.5 Å². The van der Waals surface area contributed by atoms with Gasteiger partial charge in [-0.15, -0.1) is 0 Å². The molecule has 0 radical (unpaired) electrons. The van der Waals surface area contributed by atoms with Crippen molar-refractivity contribution in [1.29, 1.82) is 0 Å². The van der Waals surface area contributed by atoms with Crippen molar-refractivity contribution in [1.82, 2.24) is 4.72 Å². The van der Waals surface area contributed by atoms with E-state index in [1.807, 2.05) is 0 Å². The molecule has 0 heterocycles. The largest absolute Gasteiger partial charge is 0.269 e. The zero-order chi connectivity index (χ0) is 15.5. The van der Waals surface area contributed by atoms with Crippen LogP contribution in [-0.2, 0) is 16.6 Å². The highest BCUT2D eigenvalue weighted by Crippen LogP contribution is 2.16. The summed E-state index contributed by atoms with van der Waals surface area (Å²) in [5.74, 6) is 0. The van der Waals surface area contributed by atoms with E-state index in [4.69, 9.17) is 0 Å². The summed E-state index contributed by atoms with van der Waals surface area (Å²) in [6.07, 6.45) is 0. The van der Waals surface area contributed by atoms with Gasteiger partial charge in [0, 0.05) is 18.7 Å². The van der Waals surface area contributed by atoms with Crippen LogP contribution in [0.2, 0.25) is 0 Å². The molecule has 6 nitrogen and oxygen atoms in total. The number of nitro benzene ring substituents is 1. The minimum atomic E-state index is -3.64. The highest BCUT2D eigenvalue weighted by molar-refractivity contribution is 7.89. The van der Waals surface area contributed by atoms with Gasteiger partial charge in [-0.3, -0.25) is 10.1 Å². The fourth-order valence-electron chi connectivity index (χ4n) is 1.89. The molecule has 2 aromatic carbocycles. The maximum atomic E-state index is 12.2. The molecule has 1 N–H and O–H groups in total. The molecular weight excluding hydrogens is 292 g/mol. The van der Waals surface area contributed by atoms with Crippen molar-refractivity contribution in [2.45, 2.75) is 18.4 Å². The van der Waals surface area contributed by atoms with E-state index in [0.29, 0.717) is 11.1 Å². The van der Waals surface area contributed by atoms with Crippen LogP contribution in [0.15, 0.2) is 53.4 Å². The van der Waals surface area contributed by atoms with Crippen molar-refractivity contribution in [3.63, 3.8) is 0 Å². The summed E-state index contributed by atoms with van der Waals surface area (Å²) in [6, 6.07) is 12.5. The Hall–Kier alpha value is -2.25. The molecule has 0 aliphatic carbocycles. The Labute approximate surface area is 122 Å². The third-order valence-electron chi connectivity index (χ3n) is 2.97. The molecule has 0 saturated heterocycles. The van der Waals surface area contributed by atoms with Crippen LogP contribution in [0.1, 0.15) is 11.1 Å². The SMILES string of the molecule is Cc1ccccc1S(=O)(=O)NCc1cccc([N+](=O)[O-])c1. The lowest BCUT2D eigenvalue weighted by atomic mass is 10.2. The van der Waals surface area contributed by atoms with E-state index in [2.05, 4.69) is 4.72 Å². The summed E-state index contributed by atoms with van der Waals surface area (Å²) in [6.45, 7) is 1.71. The van der Waals surface area contributed by atoms with Crippen LogP contribution in [0, 0.1) is 17.0 Å². The first kappa shape index (κ1) is 15.1. The highest BCUT2D eigenvalue weighted by Gasteiger charge is 2.16. The maximum absolute atomic E-state index is 12.2. The normalized spacial score (nSPS) is 11.3. The Balaban J connectivity index is 2.18. The van der Waals surface area contributed by atoms with E-state index >= 15 is 0 Å². The second-order valence-corrected chi connectivity index (χ2v) is 6.25. The van der Waals surface area contributed by atoms with Crippen LogP contribution in [0.5, 0.6) is 0 Å². The summed E-state index contributed by atoms with van der Waals surface area (Å²) >= 11 is 0. The summed E-state index contributed by atoms with van der Waals surface area (Å²) in [5.41, 5.74) is 1.10. The van der Waals surface area contributed by atoms with E-state index in [-0.39, 0.29) is 17.1 Å². The highest BCUT2D eigenvalue weighted by atomic mass is 32.2. The number of nitrogens with one attached hydrogen (secondary N) is 1. The summed E-state index contributed by atoms with van der Waals surface area (Å²) < 4.78 is 26.8. The van der Waals surface area contributed by atoms with Gasteiger partial charge in [-0.25, -0.2) is 13.1 Å². The van der Waals surface area contributed by atoms with Crippen LogP contribution >= 0.6 is 0 Å². The fourth-order valence-corrected chi connectivity index (χ4v) is 3.16. The van der Waals surface area contributed by atoms with Gasteiger partial charge in [-0.1, -0.05) is 30.3 Å². The number of hydrogen-bond donors (Lipinski definition) is 1. The third-order valence-corrected chi connectivity index (χ3v) is 4.53. The molecule has 0 bridgehead atoms. The van der Waals surface area contributed by atoms with E-state index in [0.717, 1.165) is 0 Å². The Morgan fingerprint density at radius 2 is 1.86 bits per heavy atom. The average Bonchev–Trinajstić information content (AvgIpc) is 2.46. The zero-order valence-electron chi connectivity index (χ0n) is 11.3. The van der Waals surface area contributed by atoms with Gasteiger partial charge in [-0.2, -0.15) is 0 Å². The predicted octanol–water partition coefficient (Wildman–Crippen LogP) is 2.38. The molecule has 0 amide bonds. The summed E-state index contributed by atoms with van der Waals surface area (Å²) in [5, 5.41) is 10.7. The summed E-state index contributed by atoms with van der Waals surface area (Å²) in [7, 11) is -3.64. The molecule has 2 rings (SSSR count). The van der Waals surface area contributed by atoms with Crippen LogP contribution in [0.25, 0.3) is 0 Å². The fraction of sp³-hybridized carbons (Fsp3) is 0.143. The minimum Gasteiger partial charge on any atom is -0.258 e. The van der Waals surface area contributed by atoms with E-state index in [1.54, 1.807) is 31.2 Å². The number of hydrogen-bond acceptors (Lipinski definition) is 4. The number of non-ortho nitro benzene ring substituents is 1. The molecule has 2 aromatic rings. The first-order valence-electron chi connectivity index (χ1n) is 6.19. The first-order valence-corrected chi connectivity index (χ1v) is 7.67. The first-order chi connectivity index (χ1) is 9.90. The van der Waals surface area contributed by atoms with Crippen molar-refractivity contribution in [3.05, 3.63) is 69.8 Å². The molecule has 0 saturated carbocycles. The third kappa shape index (κ3) is 3.65. The van der Waals surface area contributed by atoms with Crippen LogP contribution < -0.4 is 4.72 Å². The maximum Gasteiger partial charge on any atom is 0.269 e. The Kier molecular flexibility index (Phi) is 4.35. The lowest BCUT2D eigenvalue weighted by Gasteiger charge is -2.09. The lowest BCUT2D eigenvalue weighted by Crippen LogP contribution is -2.24. The molecule has 21 heavy (non-hydrogen) atoms. The number of rotatable bonds is 5. The Morgan fingerprint density at radius 1 is 1.14 bits per heavy atom. The van der Waals surface area contributed by atoms with Gasteiger partial charge < -0.3 is 0 Å². The van der Waals surface area contributed by atoms with Gasteiger partial charge >= 0.3 is 0 Å². The van der Waals surface area contributed by atoms with Crippen LogP contribution in [0.3, 0.4) is 0 Å². The molecule has 0 spiro atoms. The Morgan fingerprint density at radius 3 is 2.52 bits per heavy atom. The summed E-state index contributed by atoms with van der Waals surface area (Å²) in [4.78, 5) is 10.4. The number of nitrogens with zero attached hydrogens (tertiary/aromatic N) is 1. The van der Waals surface area contributed by atoms with Gasteiger partial charge in [0.05, 0.1) is 9.82 Å². The average molecular weight is 306 g/mol. The number of benzene rings is 2. The van der Waals surface area contributed by atoms with Crippen LogP contribution in [-0.4, -0.2) is 13.3 Å². The van der Waals surface area contributed by atoms with Crippen molar-refractivity contribution in [2.24, 2.45) is 0 Å². The number of aryl methyl sites for hydroxylation is 1. The predicted molar refractivity (Wildman–Crippen MR) is 78.3 cm³/mol. The molecule has 0 aliphatic rings. The second kappa shape index (κ2) is 6.02. The minimum absolute atomic E-state index is 0.00164. The molecule has 0 aromatic heterocycles. The monoisotopic (exact) mass is 306 g/mol. The van der Waals surface area contributed by atoms with Gasteiger partial charge in [0.25, 0.3) is 5.69 Å². The van der Waals surface area contributed by atoms with Crippen molar-refractivity contribution in [3.8, 4) is 0 Å². The van der Waals surface area contributed by atoms with Crippen molar-refractivity contribution in [2.75, 3.05) is 0 Å². The molecule has 0 fully saturated rings. The lowest BCUT2D eigenvalue weighted by molar-refractivity contribution is -0.384. The molecule has 7 heteroatoms. The van der Waals surface area contributed by atoms with Gasteiger partial charge in [-0.05, 0) is 24.1 Å². The smallest absolute Gasteiger partial charge is 0.258 e. The molecule has 0 aliphatic heterocycles. The van der Waals surface area contributed by atoms with Crippen LogP contribution in [0.4, 0.5) is 5.69 Å². The van der Waals surface area contributed by atoms with Gasteiger partial charge in [0.15, 0.2) is 0 Å². The van der Waals surface area contributed by atoms with Gasteiger partial charge in [0.2, 0.25) is 10.0 Å². The van der Waals surface area contributed by atoms with Crippen molar-refractivity contribution >= 4 is 15.7 Å². The van der Waals surface area contributed by atoms with E-state index < -0.39 is 14.9 Å². The number of nitro groups is 1. The van der Waals surface area contributed by atoms with Crippen molar-refractivity contribution < 1.29 is 13.3 Å². The standard InChI is InChI=1S/C14H14N2O4S/c1-11-5-2-3-8-14(11)21(19,20)15-10-12-6-4-7-13(9-12)16(17)18/h2-9,15H,10H2,1H3. The zero-order valence-corrected chi connectivity index (χ0v) is 12.1. The Bertz CT molecular complexity index is 772. The quantitative estimate of drug-likeness (QED) is 0.678. The topological polar surface area (TPSA) is 89.3 Å². The number of sulfonamides is 1. The van der Waals surface area contributed by atoms with Gasteiger partial charge in [0.1, 0.15) is 0 Å². The molecule has 0 unspecified atom stereocenters. The van der Waals surface area contributed by atoms with E-state index in [1.165, 1.54) is 24.3 Å². The molecule has 110 valence electrons. The molecule has 0 atom stereocenters.